The van der Waals surface area contributed by atoms with E-state index in [0.29, 0.717) is 11.3 Å². The molecule has 2 N–H and O–H groups in total. The number of hydrogen-bond donors (Lipinski definition) is 2. The van der Waals surface area contributed by atoms with Crippen molar-refractivity contribution in [3.8, 4) is 0 Å². The molecule has 0 aromatic heterocycles. The Balaban J connectivity index is 0.00000192. The Morgan fingerprint density at radius 1 is 1.17 bits per heavy atom. The smallest absolute Gasteiger partial charge is 0.223 e. The van der Waals surface area contributed by atoms with Crippen LogP contribution in [0.5, 0.6) is 0 Å². The molecule has 23 heavy (non-hydrogen) atoms. The summed E-state index contributed by atoms with van der Waals surface area (Å²) in [6, 6.07) is 0. The molecule has 0 bridgehead atoms. The molecule has 0 aromatic carbocycles. The summed E-state index contributed by atoms with van der Waals surface area (Å²) in [6.07, 6.45) is 9.84. The molecule has 3 rings (SSSR count). The first-order valence-corrected chi connectivity index (χ1v) is 8.96. The van der Waals surface area contributed by atoms with E-state index in [1.807, 2.05) is 7.05 Å². The molecule has 1 amide bonds. The highest BCUT2D eigenvalue weighted by molar-refractivity contribution is 14.0. The predicted octanol–water partition coefficient (Wildman–Crippen LogP) is 2.36. The van der Waals surface area contributed by atoms with Gasteiger partial charge in [-0.1, -0.05) is 12.8 Å². The molecule has 0 atom stereocenters. The number of aliphatic imine (C=N–C) groups is 1. The third kappa shape index (κ3) is 4.51. The Morgan fingerprint density at radius 2 is 1.91 bits per heavy atom. The van der Waals surface area contributed by atoms with Gasteiger partial charge in [0.15, 0.2) is 5.96 Å². The minimum atomic E-state index is 0. The number of rotatable bonds is 5. The van der Waals surface area contributed by atoms with Crippen molar-refractivity contribution in [1.82, 2.24) is 15.5 Å². The lowest BCUT2D eigenvalue weighted by Crippen LogP contribution is -2.43. The Kier molecular flexibility index (Phi) is 6.98. The van der Waals surface area contributed by atoms with Gasteiger partial charge in [0.1, 0.15) is 0 Å². The first-order valence-electron chi connectivity index (χ1n) is 8.96. The number of nitrogens with zero attached hydrogens (tertiary/aromatic N) is 2. The number of likely N-dealkylation sites (tertiary alicyclic amines) is 1. The molecule has 6 heteroatoms. The van der Waals surface area contributed by atoms with Crippen molar-refractivity contribution >= 4 is 35.8 Å². The molecule has 2 aliphatic carbocycles. The second-order valence-corrected chi connectivity index (χ2v) is 7.27. The Hall–Kier alpha value is -0.530. The maximum absolute atomic E-state index is 11.7. The van der Waals surface area contributed by atoms with Crippen LogP contribution < -0.4 is 10.6 Å². The summed E-state index contributed by atoms with van der Waals surface area (Å²) in [5.74, 6) is 1.58. The van der Waals surface area contributed by atoms with Crippen LogP contribution in [0.15, 0.2) is 4.99 Å². The number of nitrogens with one attached hydrogen (secondary N) is 2. The maximum Gasteiger partial charge on any atom is 0.223 e. The fourth-order valence-electron chi connectivity index (χ4n) is 3.85. The van der Waals surface area contributed by atoms with Gasteiger partial charge in [0.05, 0.1) is 0 Å². The van der Waals surface area contributed by atoms with Crippen molar-refractivity contribution in [2.24, 2.45) is 16.3 Å². The van der Waals surface area contributed by atoms with Crippen LogP contribution in [0.25, 0.3) is 0 Å². The SMILES string of the molecule is CN=C(NCCCNC(=O)C1CCC1)N1CCC2(CCC2)C1.I. The molecule has 2 saturated carbocycles. The molecule has 3 aliphatic rings. The number of halogens is 1. The van der Waals surface area contributed by atoms with Crippen molar-refractivity contribution in [1.29, 1.82) is 0 Å². The number of hydrogen-bond acceptors (Lipinski definition) is 2. The van der Waals surface area contributed by atoms with E-state index >= 15 is 0 Å². The van der Waals surface area contributed by atoms with E-state index in [4.69, 9.17) is 0 Å². The lowest BCUT2D eigenvalue weighted by molar-refractivity contribution is -0.127. The van der Waals surface area contributed by atoms with Gasteiger partial charge in [-0.15, -0.1) is 24.0 Å². The number of carbonyl (C=O) groups is 1. The van der Waals surface area contributed by atoms with Gasteiger partial charge in [0, 0.05) is 39.1 Å². The molecule has 1 aliphatic heterocycles. The van der Waals surface area contributed by atoms with E-state index < -0.39 is 0 Å². The van der Waals surface area contributed by atoms with E-state index in [2.05, 4.69) is 20.5 Å². The molecule has 1 spiro atoms. The van der Waals surface area contributed by atoms with Gasteiger partial charge in [-0.25, -0.2) is 0 Å². The summed E-state index contributed by atoms with van der Waals surface area (Å²) in [4.78, 5) is 18.6. The van der Waals surface area contributed by atoms with Gasteiger partial charge in [-0.05, 0) is 43.9 Å². The third-order valence-electron chi connectivity index (χ3n) is 5.78. The van der Waals surface area contributed by atoms with Crippen LogP contribution in [0.3, 0.4) is 0 Å². The highest BCUT2D eigenvalue weighted by atomic mass is 127. The van der Waals surface area contributed by atoms with Crippen LogP contribution in [0.4, 0.5) is 0 Å². The summed E-state index contributed by atoms with van der Waals surface area (Å²) in [5, 5.41) is 6.50. The molecule has 1 saturated heterocycles. The average Bonchev–Trinajstić information content (AvgIpc) is 2.86. The number of amides is 1. The highest BCUT2D eigenvalue weighted by Gasteiger charge is 2.43. The van der Waals surface area contributed by atoms with Crippen molar-refractivity contribution in [3.63, 3.8) is 0 Å². The normalized spacial score (nSPS) is 23.0. The van der Waals surface area contributed by atoms with Crippen LogP contribution >= 0.6 is 24.0 Å². The quantitative estimate of drug-likeness (QED) is 0.302. The summed E-state index contributed by atoms with van der Waals surface area (Å²) in [5.41, 5.74) is 0.606. The number of carbonyl (C=O) groups excluding carboxylic acids is 1. The van der Waals surface area contributed by atoms with Crippen LogP contribution in [0.1, 0.15) is 51.4 Å². The van der Waals surface area contributed by atoms with E-state index in [9.17, 15) is 4.79 Å². The minimum Gasteiger partial charge on any atom is -0.356 e. The van der Waals surface area contributed by atoms with E-state index in [1.165, 1.54) is 38.6 Å². The first-order chi connectivity index (χ1) is 10.7. The molecular formula is C17H31IN4O. The standard InChI is InChI=1S/C17H30N4O.HI/c1-18-16(21-12-9-17(13-21)7-3-8-17)20-11-4-10-19-15(22)14-5-2-6-14;/h14H,2-13H2,1H3,(H,18,20)(H,19,22);1H. The molecule has 5 nitrogen and oxygen atoms in total. The second-order valence-electron chi connectivity index (χ2n) is 7.27. The maximum atomic E-state index is 11.7. The van der Waals surface area contributed by atoms with Gasteiger partial charge in [0.2, 0.25) is 5.91 Å². The van der Waals surface area contributed by atoms with Crippen molar-refractivity contribution < 1.29 is 4.79 Å². The molecule has 132 valence electrons. The molecule has 3 fully saturated rings. The summed E-state index contributed by atoms with van der Waals surface area (Å²) in [6.45, 7) is 3.95. The zero-order chi connectivity index (χ0) is 15.4. The zero-order valence-corrected chi connectivity index (χ0v) is 16.6. The van der Waals surface area contributed by atoms with Crippen LogP contribution in [0.2, 0.25) is 0 Å². The molecule has 0 aromatic rings. The lowest BCUT2D eigenvalue weighted by Gasteiger charge is -2.38. The fraction of sp³-hybridized carbons (Fsp3) is 0.882. The van der Waals surface area contributed by atoms with Gasteiger partial charge < -0.3 is 15.5 Å². The first kappa shape index (κ1) is 18.8. The molecule has 1 heterocycles. The summed E-state index contributed by atoms with van der Waals surface area (Å²) in [7, 11) is 1.87. The molecule has 0 unspecified atom stereocenters. The van der Waals surface area contributed by atoms with Crippen LogP contribution in [0, 0.1) is 11.3 Å². The molecular weight excluding hydrogens is 403 g/mol. The Labute approximate surface area is 157 Å². The highest BCUT2D eigenvalue weighted by Crippen LogP contribution is 2.47. The predicted molar refractivity (Wildman–Crippen MR) is 104 cm³/mol. The second kappa shape index (κ2) is 8.53. The Morgan fingerprint density at radius 3 is 2.43 bits per heavy atom. The van der Waals surface area contributed by atoms with Gasteiger partial charge in [-0.3, -0.25) is 9.79 Å². The van der Waals surface area contributed by atoms with Gasteiger partial charge in [-0.2, -0.15) is 0 Å². The van der Waals surface area contributed by atoms with E-state index in [-0.39, 0.29) is 29.9 Å². The largest absolute Gasteiger partial charge is 0.356 e. The van der Waals surface area contributed by atoms with Crippen LogP contribution in [-0.2, 0) is 4.79 Å². The zero-order valence-electron chi connectivity index (χ0n) is 14.3. The van der Waals surface area contributed by atoms with Crippen molar-refractivity contribution in [2.75, 3.05) is 33.2 Å². The van der Waals surface area contributed by atoms with Gasteiger partial charge in [0.25, 0.3) is 0 Å². The summed E-state index contributed by atoms with van der Waals surface area (Å²) >= 11 is 0. The monoisotopic (exact) mass is 434 g/mol. The third-order valence-corrected chi connectivity index (χ3v) is 5.78. The number of guanidine groups is 1. The molecule has 0 radical (unpaired) electrons. The van der Waals surface area contributed by atoms with Crippen molar-refractivity contribution in [3.05, 3.63) is 0 Å². The summed E-state index contributed by atoms with van der Waals surface area (Å²) < 4.78 is 0. The minimum absolute atomic E-state index is 0. The van der Waals surface area contributed by atoms with Crippen LogP contribution in [-0.4, -0.2) is 50.0 Å². The van der Waals surface area contributed by atoms with Crippen molar-refractivity contribution in [2.45, 2.75) is 51.4 Å². The van der Waals surface area contributed by atoms with E-state index in [0.717, 1.165) is 44.9 Å². The van der Waals surface area contributed by atoms with Gasteiger partial charge >= 0.3 is 0 Å². The topological polar surface area (TPSA) is 56.7 Å². The lowest BCUT2D eigenvalue weighted by atomic mass is 9.68. The average molecular weight is 434 g/mol. The van der Waals surface area contributed by atoms with E-state index in [1.54, 1.807) is 0 Å². The fourth-order valence-corrected chi connectivity index (χ4v) is 3.85. The Bertz CT molecular complexity index is 432.